The quantitative estimate of drug-likeness (QED) is 0.0486. The lowest BCUT2D eigenvalue weighted by atomic mass is 9.87. The average Bonchev–Trinajstić information content (AvgIpc) is 2.95. The summed E-state index contributed by atoms with van der Waals surface area (Å²) < 4.78 is 6.28. The van der Waals surface area contributed by atoms with Crippen LogP contribution in [-0.4, -0.2) is 37.6 Å². The minimum atomic E-state index is 0.00333. The second kappa shape index (κ2) is 31.6. The number of hydrogen-bond donors (Lipinski definition) is 0. The molecule has 2 unspecified atom stereocenters. The molecule has 0 rings (SSSR count). The summed E-state index contributed by atoms with van der Waals surface area (Å²) in [5.74, 6) is 0.465. The zero-order valence-electron chi connectivity index (χ0n) is 28.4. The molecule has 3 heteroatoms. The Labute approximate surface area is 257 Å². The predicted molar refractivity (Wildman–Crippen MR) is 183 cm³/mol. The van der Waals surface area contributed by atoms with Gasteiger partial charge >= 0.3 is 5.97 Å². The largest absolute Gasteiger partial charge is 0.462 e. The van der Waals surface area contributed by atoms with Crippen LogP contribution in [0.15, 0.2) is 36.5 Å². The van der Waals surface area contributed by atoms with Crippen LogP contribution in [0.5, 0.6) is 0 Å². The average molecular weight is 574 g/mol. The molecule has 0 heterocycles. The third-order valence-corrected chi connectivity index (χ3v) is 7.97. The van der Waals surface area contributed by atoms with Crippen LogP contribution in [0, 0.1) is 5.92 Å². The van der Waals surface area contributed by atoms with Crippen molar-refractivity contribution in [2.24, 2.45) is 5.92 Å². The number of hydrogen-bond acceptors (Lipinski definition) is 3. The molecule has 0 aromatic rings. The predicted octanol–water partition coefficient (Wildman–Crippen LogP) is 11.8. The van der Waals surface area contributed by atoms with Gasteiger partial charge in [0.2, 0.25) is 0 Å². The molecule has 0 spiro atoms. The third-order valence-electron chi connectivity index (χ3n) is 7.97. The highest BCUT2D eigenvalue weighted by Gasteiger charge is 2.24. The number of esters is 1. The molecule has 41 heavy (non-hydrogen) atoms. The molecule has 0 N–H and O–H groups in total. The summed E-state index contributed by atoms with van der Waals surface area (Å²) in [5, 5.41) is 0. The van der Waals surface area contributed by atoms with Gasteiger partial charge in [-0.3, -0.25) is 4.79 Å². The minimum absolute atomic E-state index is 0.00333. The number of unbranched alkanes of at least 4 members (excludes halogenated alkanes) is 12. The highest BCUT2D eigenvalue weighted by Crippen LogP contribution is 2.27. The molecule has 0 amide bonds. The molecule has 0 saturated carbocycles. The van der Waals surface area contributed by atoms with Gasteiger partial charge in [-0.15, -0.1) is 0 Å². The highest BCUT2D eigenvalue weighted by atomic mass is 16.5. The molecule has 0 aliphatic rings. The van der Waals surface area contributed by atoms with Crippen molar-refractivity contribution in [3.63, 3.8) is 0 Å². The van der Waals surface area contributed by atoms with Gasteiger partial charge in [-0.1, -0.05) is 95.8 Å². The van der Waals surface area contributed by atoms with E-state index in [1.807, 2.05) is 0 Å². The fraction of sp³-hybridized carbons (Fsp3) is 0.816. The van der Waals surface area contributed by atoms with E-state index < -0.39 is 0 Å². The summed E-state index contributed by atoms with van der Waals surface area (Å²) in [6.45, 7) is 7.72. The SMILES string of the molecule is CCCCCC=CCCCC(CCC/C=C\CCCCC)C(CCCC=CCCCCC)OC(=O)CCCN(C)C. The monoisotopic (exact) mass is 574 g/mol. The Morgan fingerprint density at radius 2 is 0.951 bits per heavy atom. The van der Waals surface area contributed by atoms with Gasteiger partial charge in [0.15, 0.2) is 0 Å². The maximum Gasteiger partial charge on any atom is 0.306 e. The van der Waals surface area contributed by atoms with Crippen LogP contribution in [0.3, 0.4) is 0 Å². The zero-order valence-corrected chi connectivity index (χ0v) is 28.4. The number of nitrogens with zero attached hydrogens (tertiary/aromatic N) is 1. The van der Waals surface area contributed by atoms with Crippen LogP contribution in [0.1, 0.15) is 168 Å². The Hall–Kier alpha value is -1.35. The Morgan fingerprint density at radius 3 is 1.34 bits per heavy atom. The van der Waals surface area contributed by atoms with Gasteiger partial charge in [0.25, 0.3) is 0 Å². The number of ether oxygens (including phenoxy) is 1. The molecule has 240 valence electrons. The summed E-state index contributed by atoms with van der Waals surface area (Å²) in [4.78, 5) is 15.0. The van der Waals surface area contributed by atoms with Crippen molar-refractivity contribution in [1.29, 1.82) is 0 Å². The molecule has 0 aliphatic carbocycles. The van der Waals surface area contributed by atoms with Gasteiger partial charge in [-0.2, -0.15) is 0 Å². The molecule has 0 aliphatic heterocycles. The van der Waals surface area contributed by atoms with Crippen molar-refractivity contribution in [1.82, 2.24) is 4.90 Å². The molecule has 0 radical (unpaired) electrons. The Kier molecular flexibility index (Phi) is 30.5. The lowest BCUT2D eigenvalue weighted by Gasteiger charge is -2.27. The molecule has 0 saturated heterocycles. The number of carbonyl (C=O) groups is 1. The molecule has 0 bridgehead atoms. The maximum absolute atomic E-state index is 12.9. The van der Waals surface area contributed by atoms with Gasteiger partial charge in [0.1, 0.15) is 6.10 Å². The summed E-state index contributed by atoms with van der Waals surface area (Å²) in [7, 11) is 4.13. The van der Waals surface area contributed by atoms with Crippen LogP contribution < -0.4 is 0 Å². The van der Waals surface area contributed by atoms with Crippen molar-refractivity contribution >= 4 is 5.97 Å². The van der Waals surface area contributed by atoms with Gasteiger partial charge in [-0.05, 0) is 129 Å². The van der Waals surface area contributed by atoms with Crippen molar-refractivity contribution in [3.05, 3.63) is 36.5 Å². The van der Waals surface area contributed by atoms with Crippen molar-refractivity contribution in [3.8, 4) is 0 Å². The zero-order chi connectivity index (χ0) is 30.2. The first kappa shape index (κ1) is 39.6. The van der Waals surface area contributed by atoms with E-state index >= 15 is 0 Å². The van der Waals surface area contributed by atoms with E-state index in [-0.39, 0.29) is 12.1 Å². The fourth-order valence-corrected chi connectivity index (χ4v) is 5.35. The topological polar surface area (TPSA) is 29.5 Å². The second-order valence-corrected chi connectivity index (χ2v) is 12.4. The summed E-state index contributed by atoms with van der Waals surface area (Å²) in [5.41, 5.74) is 0. The number of rotatable bonds is 30. The standard InChI is InChI=1S/C38H71NO2/c1-6-9-12-15-18-21-24-27-31-36(32-28-25-22-19-16-13-10-7-2)37(41-38(40)34-30-35-39(4)5)33-29-26-23-20-17-14-11-8-3/h18-23,36-37H,6-17,24-35H2,1-5H3/b21-18-,22-19?,23-20?. The summed E-state index contributed by atoms with van der Waals surface area (Å²) in [6.07, 6.45) is 41.2. The minimum Gasteiger partial charge on any atom is -0.462 e. The van der Waals surface area contributed by atoms with Crippen LogP contribution >= 0.6 is 0 Å². The van der Waals surface area contributed by atoms with Crippen molar-refractivity contribution in [2.45, 2.75) is 175 Å². The Balaban J connectivity index is 5.11. The molecule has 3 nitrogen and oxygen atoms in total. The van der Waals surface area contributed by atoms with Gasteiger partial charge in [0, 0.05) is 6.42 Å². The molecular formula is C38H71NO2. The molecule has 2 atom stereocenters. The van der Waals surface area contributed by atoms with Crippen molar-refractivity contribution < 1.29 is 9.53 Å². The molecular weight excluding hydrogens is 502 g/mol. The normalized spacial score (nSPS) is 13.7. The first-order valence-corrected chi connectivity index (χ1v) is 17.8. The second-order valence-electron chi connectivity index (χ2n) is 12.4. The van der Waals surface area contributed by atoms with Crippen LogP contribution in [0.25, 0.3) is 0 Å². The van der Waals surface area contributed by atoms with Crippen LogP contribution in [0.2, 0.25) is 0 Å². The first-order valence-electron chi connectivity index (χ1n) is 17.8. The lowest BCUT2D eigenvalue weighted by molar-refractivity contribution is -0.153. The molecule has 0 aromatic carbocycles. The highest BCUT2D eigenvalue weighted by molar-refractivity contribution is 5.69. The van der Waals surface area contributed by atoms with E-state index in [9.17, 15) is 4.79 Å². The number of allylic oxidation sites excluding steroid dienone is 6. The van der Waals surface area contributed by atoms with Gasteiger partial charge in [-0.25, -0.2) is 0 Å². The summed E-state index contributed by atoms with van der Waals surface area (Å²) >= 11 is 0. The Bertz CT molecular complexity index is 610. The van der Waals surface area contributed by atoms with Crippen LogP contribution in [0.4, 0.5) is 0 Å². The van der Waals surface area contributed by atoms with Crippen LogP contribution in [-0.2, 0) is 9.53 Å². The summed E-state index contributed by atoms with van der Waals surface area (Å²) in [6, 6.07) is 0. The van der Waals surface area contributed by atoms with E-state index in [4.69, 9.17) is 4.74 Å². The number of carbonyl (C=O) groups excluding carboxylic acids is 1. The smallest absolute Gasteiger partial charge is 0.306 e. The first-order chi connectivity index (χ1) is 20.0. The van der Waals surface area contributed by atoms with E-state index in [2.05, 4.69) is 76.2 Å². The molecule has 0 fully saturated rings. The van der Waals surface area contributed by atoms with Crippen molar-refractivity contribution in [2.75, 3.05) is 20.6 Å². The molecule has 0 aromatic heterocycles. The maximum atomic E-state index is 12.9. The Morgan fingerprint density at radius 1 is 0.561 bits per heavy atom. The third kappa shape index (κ3) is 28.5. The fourth-order valence-electron chi connectivity index (χ4n) is 5.35. The van der Waals surface area contributed by atoms with E-state index in [0.29, 0.717) is 12.3 Å². The van der Waals surface area contributed by atoms with E-state index in [1.54, 1.807) is 0 Å². The van der Waals surface area contributed by atoms with E-state index in [0.717, 1.165) is 57.9 Å². The van der Waals surface area contributed by atoms with Gasteiger partial charge < -0.3 is 9.64 Å². The lowest BCUT2D eigenvalue weighted by Crippen LogP contribution is -2.28. The van der Waals surface area contributed by atoms with Gasteiger partial charge in [0.05, 0.1) is 0 Å². The van der Waals surface area contributed by atoms with E-state index in [1.165, 1.54) is 89.9 Å².